The average molecular weight is 820 g/mol. The van der Waals surface area contributed by atoms with Gasteiger partial charge in [-0.05, 0) is 83.6 Å². The van der Waals surface area contributed by atoms with E-state index in [-0.39, 0.29) is 36.9 Å². The fraction of sp³-hybridized carbons (Fsp3) is 0.600. The molecule has 5 heterocycles. The van der Waals surface area contributed by atoms with Crippen molar-refractivity contribution in [3.63, 3.8) is 0 Å². The first-order valence-corrected chi connectivity index (χ1v) is 21.8. The maximum absolute atomic E-state index is 13.3. The maximum Gasteiger partial charge on any atom is 0.315 e. The minimum absolute atomic E-state index is 0.175. The molecule has 1 unspecified atom stereocenters. The van der Waals surface area contributed by atoms with Crippen molar-refractivity contribution < 1.29 is 14.4 Å². The van der Waals surface area contributed by atoms with Crippen molar-refractivity contribution in [1.82, 2.24) is 50.6 Å². The van der Waals surface area contributed by atoms with Crippen molar-refractivity contribution in [2.75, 3.05) is 18.4 Å². The number of thiophene rings is 1. The molecule has 3 aliphatic rings. The van der Waals surface area contributed by atoms with E-state index in [2.05, 4.69) is 41.7 Å². The second-order valence-electron chi connectivity index (χ2n) is 15.8. The van der Waals surface area contributed by atoms with Gasteiger partial charge in [0.15, 0.2) is 0 Å². The highest BCUT2D eigenvalue weighted by Crippen LogP contribution is 2.37. The van der Waals surface area contributed by atoms with E-state index in [0.29, 0.717) is 46.3 Å². The van der Waals surface area contributed by atoms with Crippen LogP contribution in [0.5, 0.6) is 0 Å². The highest BCUT2D eigenvalue weighted by molar-refractivity contribution is 7.11. The Morgan fingerprint density at radius 1 is 0.930 bits per heavy atom. The third-order valence-corrected chi connectivity index (χ3v) is 12.7. The zero-order valence-corrected chi connectivity index (χ0v) is 34.4. The van der Waals surface area contributed by atoms with Gasteiger partial charge in [0.25, 0.3) is 5.56 Å². The molecule has 1 atom stereocenters. The van der Waals surface area contributed by atoms with Gasteiger partial charge in [0.1, 0.15) is 11.9 Å². The van der Waals surface area contributed by atoms with Crippen molar-refractivity contribution in [3.05, 3.63) is 49.5 Å². The number of unbranched alkanes of at least 4 members (excludes halogenated alkanes) is 5. The number of aryl methyl sites for hydroxylation is 2. The zero-order chi connectivity index (χ0) is 39.9. The average Bonchev–Trinajstić information content (AvgIpc) is 3.82. The Morgan fingerprint density at radius 2 is 1.67 bits per heavy atom. The van der Waals surface area contributed by atoms with Crippen LogP contribution in [0.3, 0.4) is 0 Å². The number of rotatable bonds is 18. The topological polar surface area (TPSA) is 190 Å². The van der Waals surface area contributed by atoms with Gasteiger partial charge in [0, 0.05) is 48.7 Å². The molecular weight excluding hydrogens is 766 g/mol. The van der Waals surface area contributed by atoms with Gasteiger partial charge in [-0.25, -0.2) is 19.7 Å². The lowest BCUT2D eigenvalue weighted by atomic mass is 9.91. The van der Waals surface area contributed by atoms with Crippen molar-refractivity contribution in [2.24, 2.45) is 13.0 Å². The van der Waals surface area contributed by atoms with Crippen molar-refractivity contribution >= 4 is 57.6 Å². The summed E-state index contributed by atoms with van der Waals surface area (Å²) in [7, 11) is 1.99. The quantitative estimate of drug-likeness (QED) is 0.0616. The van der Waals surface area contributed by atoms with E-state index in [9.17, 15) is 19.2 Å². The van der Waals surface area contributed by atoms with Gasteiger partial charge in [-0.2, -0.15) is 5.10 Å². The fourth-order valence-electron chi connectivity index (χ4n) is 8.02. The number of hydrogen-bond acceptors (Lipinski definition) is 11. The van der Waals surface area contributed by atoms with E-state index >= 15 is 0 Å². The van der Waals surface area contributed by atoms with Crippen LogP contribution in [0.25, 0.3) is 22.2 Å². The zero-order valence-electron chi connectivity index (χ0n) is 32.9. The van der Waals surface area contributed by atoms with Gasteiger partial charge in [0.2, 0.25) is 17.8 Å². The summed E-state index contributed by atoms with van der Waals surface area (Å²) >= 11 is 7.92. The molecule has 2 aliphatic carbocycles. The number of amides is 4. The fourth-order valence-corrected chi connectivity index (χ4v) is 9.10. The van der Waals surface area contributed by atoms with Gasteiger partial charge in [-0.15, -0.1) is 11.3 Å². The van der Waals surface area contributed by atoms with E-state index in [1.165, 1.54) is 47.3 Å². The molecule has 5 N–H and O–H groups in total. The molecule has 0 spiro atoms. The predicted octanol–water partition coefficient (Wildman–Crippen LogP) is 5.69. The Balaban J connectivity index is 0.727. The Hall–Kier alpha value is -4.41. The Kier molecular flexibility index (Phi) is 13.5. The molecule has 0 aromatic carbocycles. The SMILES string of the molecule is Cc1nc2c(CNC(=O)NCCCCCCCCNC3CCC(Nc4ncc(Cl)c(-c5cnn(C)c5CC5CC5)n4)CC3)scc2c(=O)n1C1CCC(=O)NC1=O. The number of carbonyl (C=O) groups is 3. The molecular formula is C40H54ClN11O4S. The molecule has 4 aromatic heterocycles. The summed E-state index contributed by atoms with van der Waals surface area (Å²) in [5.74, 6) is 0.946. The predicted molar refractivity (Wildman–Crippen MR) is 221 cm³/mol. The molecule has 57 heavy (non-hydrogen) atoms. The molecule has 0 bridgehead atoms. The van der Waals surface area contributed by atoms with E-state index < -0.39 is 11.9 Å². The third-order valence-electron chi connectivity index (χ3n) is 11.5. The van der Waals surface area contributed by atoms with Crippen LogP contribution < -0.4 is 32.1 Å². The second-order valence-corrected chi connectivity index (χ2v) is 17.1. The van der Waals surface area contributed by atoms with Crippen LogP contribution in [0.2, 0.25) is 5.02 Å². The van der Waals surface area contributed by atoms with Crippen LogP contribution in [-0.4, -0.2) is 72.3 Å². The van der Waals surface area contributed by atoms with Gasteiger partial charge in [-0.1, -0.05) is 37.3 Å². The van der Waals surface area contributed by atoms with Gasteiger partial charge < -0.3 is 21.3 Å². The first-order valence-electron chi connectivity index (χ1n) is 20.5. The number of nitrogens with zero attached hydrogens (tertiary/aromatic N) is 6. The third kappa shape index (κ3) is 10.4. The van der Waals surface area contributed by atoms with Crippen LogP contribution in [0.4, 0.5) is 10.7 Å². The smallest absolute Gasteiger partial charge is 0.315 e. The minimum Gasteiger partial charge on any atom is -0.351 e. The highest BCUT2D eigenvalue weighted by Gasteiger charge is 2.31. The molecule has 7 rings (SSSR count). The first kappa shape index (κ1) is 40.8. The normalized spacial score (nSPS) is 19.8. The summed E-state index contributed by atoms with van der Waals surface area (Å²) in [4.78, 5) is 64.4. The summed E-state index contributed by atoms with van der Waals surface area (Å²) in [6.45, 7) is 3.56. The van der Waals surface area contributed by atoms with E-state index in [1.807, 2.05) is 17.9 Å². The summed E-state index contributed by atoms with van der Waals surface area (Å²) in [5, 5.41) is 22.6. The van der Waals surface area contributed by atoms with E-state index in [4.69, 9.17) is 16.6 Å². The van der Waals surface area contributed by atoms with E-state index in [0.717, 1.165) is 86.4 Å². The lowest BCUT2D eigenvalue weighted by molar-refractivity contribution is -0.135. The molecule has 4 amide bonds. The molecule has 2 saturated carbocycles. The van der Waals surface area contributed by atoms with Crippen LogP contribution in [0.15, 0.2) is 22.6 Å². The van der Waals surface area contributed by atoms with Crippen LogP contribution in [-0.2, 0) is 29.6 Å². The maximum atomic E-state index is 13.3. The van der Waals surface area contributed by atoms with Crippen LogP contribution in [0.1, 0.15) is 112 Å². The number of imide groups is 1. The molecule has 1 saturated heterocycles. The number of anilines is 1. The number of nitrogens with one attached hydrogen (secondary N) is 5. The summed E-state index contributed by atoms with van der Waals surface area (Å²) < 4.78 is 3.32. The van der Waals surface area contributed by atoms with Crippen molar-refractivity contribution in [3.8, 4) is 11.3 Å². The lowest BCUT2D eigenvalue weighted by Crippen LogP contribution is -2.45. The molecule has 17 heteroatoms. The molecule has 3 fully saturated rings. The summed E-state index contributed by atoms with van der Waals surface area (Å²) in [6.07, 6.45) is 18.6. The van der Waals surface area contributed by atoms with Crippen LogP contribution >= 0.6 is 22.9 Å². The number of fused-ring (bicyclic) bond motifs is 1. The Morgan fingerprint density at radius 3 is 2.42 bits per heavy atom. The van der Waals surface area contributed by atoms with Gasteiger partial charge in [-0.3, -0.25) is 28.9 Å². The second kappa shape index (κ2) is 18.9. The van der Waals surface area contributed by atoms with Gasteiger partial charge in [0.05, 0.1) is 45.4 Å². The van der Waals surface area contributed by atoms with Gasteiger partial charge >= 0.3 is 6.03 Å². The Bertz CT molecular complexity index is 2120. The summed E-state index contributed by atoms with van der Waals surface area (Å²) in [5.41, 5.74) is 3.16. The number of hydrogen-bond donors (Lipinski definition) is 5. The largest absolute Gasteiger partial charge is 0.351 e. The Labute approximate surface area is 341 Å². The minimum atomic E-state index is -0.765. The molecule has 1 aliphatic heterocycles. The van der Waals surface area contributed by atoms with E-state index in [1.54, 1.807) is 18.5 Å². The molecule has 306 valence electrons. The van der Waals surface area contributed by atoms with Crippen molar-refractivity contribution in [1.29, 1.82) is 0 Å². The number of carbonyl (C=O) groups excluding carboxylic acids is 3. The number of piperidine rings is 1. The molecule has 15 nitrogen and oxygen atoms in total. The first-order chi connectivity index (χ1) is 27.6. The number of halogens is 1. The molecule has 0 radical (unpaired) electrons. The lowest BCUT2D eigenvalue weighted by Gasteiger charge is -2.30. The highest BCUT2D eigenvalue weighted by atomic mass is 35.5. The number of urea groups is 1. The number of aromatic nitrogens is 6. The summed E-state index contributed by atoms with van der Waals surface area (Å²) in [6, 6.07) is -0.135. The molecule has 4 aromatic rings. The van der Waals surface area contributed by atoms with Crippen molar-refractivity contribution in [2.45, 2.75) is 128 Å². The monoisotopic (exact) mass is 819 g/mol. The standard InChI is InChI=1S/C40H54ClN11O4S/c1-24-47-36-29(38(55)52(24)31-15-16-34(53)49-37(31)54)23-57-33(36)22-45-40(56)43-18-8-6-4-3-5-7-17-42-26-11-13-27(14-12-26)48-39-44-21-30(41)35(50-39)28-20-46-51(2)32(28)19-25-9-10-25/h20-21,23,25-27,31,42H,3-19,22H2,1-2H3,(H2,43,45,56)(H,44,48,50)(H,49,53,54). The van der Waals surface area contributed by atoms with Crippen LogP contribution in [0, 0.1) is 12.8 Å².